The van der Waals surface area contributed by atoms with Crippen LogP contribution in [0.1, 0.15) is 43.0 Å². The van der Waals surface area contributed by atoms with Crippen molar-refractivity contribution >= 4 is 0 Å². The molecule has 0 radical (unpaired) electrons. The molecule has 1 aromatic heterocycles. The maximum atomic E-state index is 10.8. The van der Waals surface area contributed by atoms with Gasteiger partial charge in [0, 0.05) is 20.2 Å². The number of hydrogen-bond donors (Lipinski definition) is 1. The first kappa shape index (κ1) is 17.1. The van der Waals surface area contributed by atoms with Crippen LogP contribution in [0.15, 0.2) is 34.9 Å². The standard InChI is InChI=1S/C18H25N3O3/c1-23-13-16-19-17(24-20-16)12-21(11-15-7-3-2-4-8-15)14-18(22)9-5-6-10-18/h2-4,7-8,22H,5-6,9-14H2,1H3. The topological polar surface area (TPSA) is 71.6 Å². The molecule has 1 fully saturated rings. The lowest BCUT2D eigenvalue weighted by atomic mass is 10.0. The quantitative estimate of drug-likeness (QED) is 0.801. The van der Waals surface area contributed by atoms with Crippen molar-refractivity contribution in [2.75, 3.05) is 13.7 Å². The molecule has 1 aliphatic rings. The normalized spacial score (nSPS) is 16.8. The Morgan fingerprint density at radius 3 is 2.67 bits per heavy atom. The van der Waals surface area contributed by atoms with Crippen molar-refractivity contribution in [3.05, 3.63) is 47.6 Å². The summed E-state index contributed by atoms with van der Waals surface area (Å²) >= 11 is 0. The van der Waals surface area contributed by atoms with Crippen molar-refractivity contribution in [1.29, 1.82) is 0 Å². The number of hydrogen-bond acceptors (Lipinski definition) is 6. The van der Waals surface area contributed by atoms with Gasteiger partial charge >= 0.3 is 0 Å². The summed E-state index contributed by atoms with van der Waals surface area (Å²) in [5.41, 5.74) is 0.597. The smallest absolute Gasteiger partial charge is 0.240 e. The van der Waals surface area contributed by atoms with Crippen molar-refractivity contribution < 1.29 is 14.4 Å². The highest BCUT2D eigenvalue weighted by atomic mass is 16.5. The molecular formula is C18H25N3O3. The second-order valence-electron chi connectivity index (χ2n) is 6.60. The van der Waals surface area contributed by atoms with Crippen LogP contribution in [0.4, 0.5) is 0 Å². The molecule has 1 aliphatic carbocycles. The van der Waals surface area contributed by atoms with Gasteiger partial charge in [-0.2, -0.15) is 4.98 Å². The molecule has 0 atom stereocenters. The minimum Gasteiger partial charge on any atom is -0.389 e. The van der Waals surface area contributed by atoms with E-state index in [0.717, 1.165) is 32.2 Å². The zero-order valence-electron chi connectivity index (χ0n) is 14.1. The van der Waals surface area contributed by atoms with Crippen molar-refractivity contribution in [3.8, 4) is 0 Å². The third-order valence-corrected chi connectivity index (χ3v) is 4.44. The minimum atomic E-state index is -0.607. The zero-order chi connectivity index (χ0) is 16.8. The van der Waals surface area contributed by atoms with Crippen LogP contribution in [-0.2, 0) is 24.4 Å². The van der Waals surface area contributed by atoms with Gasteiger partial charge in [0.25, 0.3) is 0 Å². The fourth-order valence-corrected chi connectivity index (χ4v) is 3.35. The lowest BCUT2D eigenvalue weighted by Crippen LogP contribution is -2.40. The molecule has 6 heteroatoms. The molecule has 1 aromatic carbocycles. The van der Waals surface area contributed by atoms with E-state index >= 15 is 0 Å². The van der Waals surface area contributed by atoms with Gasteiger partial charge in [-0.1, -0.05) is 48.3 Å². The van der Waals surface area contributed by atoms with E-state index in [1.807, 2.05) is 18.2 Å². The lowest BCUT2D eigenvalue weighted by molar-refractivity contribution is 0.00195. The van der Waals surface area contributed by atoms with Crippen LogP contribution in [0.2, 0.25) is 0 Å². The SMILES string of the molecule is COCc1noc(CN(Cc2ccccc2)CC2(O)CCCC2)n1. The summed E-state index contributed by atoms with van der Waals surface area (Å²) in [5.74, 6) is 1.10. The highest BCUT2D eigenvalue weighted by Gasteiger charge is 2.33. The molecule has 130 valence electrons. The van der Waals surface area contributed by atoms with E-state index in [9.17, 15) is 5.11 Å². The number of ether oxygens (including phenoxy) is 1. The van der Waals surface area contributed by atoms with Crippen LogP contribution < -0.4 is 0 Å². The van der Waals surface area contributed by atoms with E-state index in [4.69, 9.17) is 9.26 Å². The maximum absolute atomic E-state index is 10.8. The van der Waals surface area contributed by atoms with Gasteiger partial charge < -0.3 is 14.4 Å². The largest absolute Gasteiger partial charge is 0.389 e. The molecule has 0 saturated heterocycles. The van der Waals surface area contributed by atoms with Gasteiger partial charge in [0.15, 0.2) is 5.82 Å². The van der Waals surface area contributed by atoms with E-state index in [2.05, 4.69) is 27.2 Å². The lowest BCUT2D eigenvalue weighted by Gasteiger charge is -2.30. The van der Waals surface area contributed by atoms with E-state index in [1.54, 1.807) is 7.11 Å². The van der Waals surface area contributed by atoms with Crippen molar-refractivity contribution in [3.63, 3.8) is 0 Å². The van der Waals surface area contributed by atoms with E-state index in [1.165, 1.54) is 5.56 Å². The summed E-state index contributed by atoms with van der Waals surface area (Å²) in [4.78, 5) is 6.54. The monoisotopic (exact) mass is 331 g/mol. The second kappa shape index (κ2) is 7.88. The molecule has 0 spiro atoms. The number of methoxy groups -OCH3 is 1. The summed E-state index contributed by atoms with van der Waals surface area (Å²) in [5, 5.41) is 14.7. The van der Waals surface area contributed by atoms with Gasteiger partial charge in [0.1, 0.15) is 6.61 Å². The molecule has 24 heavy (non-hydrogen) atoms. The zero-order valence-corrected chi connectivity index (χ0v) is 14.1. The maximum Gasteiger partial charge on any atom is 0.240 e. The Morgan fingerprint density at radius 2 is 1.96 bits per heavy atom. The van der Waals surface area contributed by atoms with E-state index < -0.39 is 5.60 Å². The Morgan fingerprint density at radius 1 is 1.21 bits per heavy atom. The van der Waals surface area contributed by atoms with Crippen LogP contribution in [0.25, 0.3) is 0 Å². The average molecular weight is 331 g/mol. The highest BCUT2D eigenvalue weighted by Crippen LogP contribution is 2.31. The molecule has 6 nitrogen and oxygen atoms in total. The van der Waals surface area contributed by atoms with Crippen molar-refractivity contribution in [2.45, 2.75) is 51.0 Å². The van der Waals surface area contributed by atoms with E-state index in [-0.39, 0.29) is 0 Å². The summed E-state index contributed by atoms with van der Waals surface area (Å²) < 4.78 is 10.3. The Balaban J connectivity index is 1.70. The first-order valence-electron chi connectivity index (χ1n) is 8.46. The molecule has 0 unspecified atom stereocenters. The van der Waals surface area contributed by atoms with Crippen LogP contribution in [-0.4, -0.2) is 39.4 Å². The van der Waals surface area contributed by atoms with Crippen molar-refractivity contribution in [2.24, 2.45) is 0 Å². The molecule has 0 amide bonds. The van der Waals surface area contributed by atoms with Gasteiger partial charge in [0.2, 0.25) is 5.89 Å². The third kappa shape index (κ3) is 4.63. The third-order valence-electron chi connectivity index (χ3n) is 4.44. The highest BCUT2D eigenvalue weighted by molar-refractivity contribution is 5.14. The molecule has 1 saturated carbocycles. The number of benzene rings is 1. The first-order chi connectivity index (χ1) is 11.7. The van der Waals surface area contributed by atoms with Crippen LogP contribution in [0.5, 0.6) is 0 Å². The molecule has 1 N–H and O–H groups in total. The van der Waals surface area contributed by atoms with Crippen molar-refractivity contribution in [1.82, 2.24) is 15.0 Å². The predicted octanol–water partition coefficient (Wildman–Crippen LogP) is 2.52. The predicted molar refractivity (Wildman–Crippen MR) is 89.0 cm³/mol. The van der Waals surface area contributed by atoms with Gasteiger partial charge in [-0.15, -0.1) is 0 Å². The molecule has 3 rings (SSSR count). The molecule has 0 aliphatic heterocycles. The fourth-order valence-electron chi connectivity index (χ4n) is 3.35. The molecule has 2 aromatic rings. The van der Waals surface area contributed by atoms with Gasteiger partial charge in [-0.3, -0.25) is 4.90 Å². The van der Waals surface area contributed by atoms with Gasteiger partial charge in [-0.05, 0) is 18.4 Å². The van der Waals surface area contributed by atoms with Gasteiger partial charge in [-0.25, -0.2) is 0 Å². The number of aliphatic hydroxyl groups is 1. The Kier molecular flexibility index (Phi) is 5.60. The van der Waals surface area contributed by atoms with Crippen LogP contribution in [0, 0.1) is 0 Å². The second-order valence-corrected chi connectivity index (χ2v) is 6.60. The molecule has 0 bridgehead atoms. The summed E-state index contributed by atoms with van der Waals surface area (Å²) in [6.45, 7) is 2.22. The number of aromatic nitrogens is 2. The Labute approximate surface area is 142 Å². The van der Waals surface area contributed by atoms with E-state index in [0.29, 0.717) is 31.4 Å². The summed E-state index contributed by atoms with van der Waals surface area (Å²) in [6, 6.07) is 10.3. The Bertz CT molecular complexity index is 623. The number of rotatable bonds is 8. The Hall–Kier alpha value is -1.76. The summed E-state index contributed by atoms with van der Waals surface area (Å²) in [6.07, 6.45) is 3.90. The van der Waals surface area contributed by atoms with Gasteiger partial charge in [0.05, 0.1) is 12.1 Å². The van der Waals surface area contributed by atoms with Crippen LogP contribution in [0.3, 0.4) is 0 Å². The number of nitrogens with zero attached hydrogens (tertiary/aromatic N) is 3. The van der Waals surface area contributed by atoms with Crippen LogP contribution >= 0.6 is 0 Å². The summed E-state index contributed by atoms with van der Waals surface area (Å²) in [7, 11) is 1.60. The average Bonchev–Trinajstić information content (AvgIpc) is 3.18. The molecule has 1 heterocycles. The molecular weight excluding hydrogens is 306 g/mol. The fraction of sp³-hybridized carbons (Fsp3) is 0.556. The first-order valence-corrected chi connectivity index (χ1v) is 8.46. The minimum absolute atomic E-state index is 0.339.